The maximum Gasteiger partial charge on any atom is 0.307 e. The average molecular weight is 315 g/mol. The Balaban J connectivity index is 1.43. The Morgan fingerprint density at radius 3 is 2.52 bits per heavy atom. The second-order valence-electron chi connectivity index (χ2n) is 6.17. The van der Waals surface area contributed by atoms with Gasteiger partial charge in [0.05, 0.1) is 25.0 Å². The first-order chi connectivity index (χ1) is 11.2. The van der Waals surface area contributed by atoms with Gasteiger partial charge in [0, 0.05) is 6.54 Å². The third-order valence-electron chi connectivity index (χ3n) is 4.70. The lowest BCUT2D eigenvalue weighted by Gasteiger charge is -2.23. The Bertz CT molecular complexity index is 598. The van der Waals surface area contributed by atoms with Gasteiger partial charge in [-0.1, -0.05) is 42.5 Å². The van der Waals surface area contributed by atoms with Gasteiger partial charge >= 0.3 is 5.97 Å². The number of aliphatic carboxylic acids is 1. The van der Waals surface area contributed by atoms with Crippen molar-refractivity contribution in [3.63, 3.8) is 0 Å². The number of carboxylic acids is 1. The van der Waals surface area contributed by atoms with Gasteiger partial charge in [-0.15, -0.1) is 0 Å². The van der Waals surface area contributed by atoms with Crippen molar-refractivity contribution in [3.8, 4) is 0 Å². The lowest BCUT2D eigenvalue weighted by Crippen LogP contribution is -2.41. The van der Waals surface area contributed by atoms with E-state index in [9.17, 15) is 14.7 Å². The number of hydrogen-bond donors (Lipinski definition) is 2. The highest BCUT2D eigenvalue weighted by atomic mass is 16.5. The second kappa shape index (κ2) is 6.96. The summed E-state index contributed by atoms with van der Waals surface area (Å²) in [5.41, 5.74) is 1.09. The Labute approximate surface area is 135 Å². The summed E-state index contributed by atoms with van der Waals surface area (Å²) in [6.45, 7) is 1.32. The number of hydrogen-bond acceptors (Lipinski definition) is 3. The van der Waals surface area contributed by atoms with Crippen LogP contribution in [0, 0.1) is 23.7 Å². The summed E-state index contributed by atoms with van der Waals surface area (Å²) in [4.78, 5) is 23.7. The van der Waals surface area contributed by atoms with E-state index in [2.05, 4.69) is 5.32 Å². The van der Waals surface area contributed by atoms with Gasteiger partial charge in [0.2, 0.25) is 5.91 Å². The summed E-state index contributed by atoms with van der Waals surface area (Å²) < 4.78 is 5.52. The molecule has 4 atom stereocenters. The zero-order valence-electron chi connectivity index (χ0n) is 12.9. The molecule has 2 bridgehead atoms. The van der Waals surface area contributed by atoms with Crippen molar-refractivity contribution in [2.24, 2.45) is 23.7 Å². The van der Waals surface area contributed by atoms with Gasteiger partial charge in [-0.05, 0) is 23.8 Å². The smallest absolute Gasteiger partial charge is 0.307 e. The van der Waals surface area contributed by atoms with Crippen molar-refractivity contribution in [1.29, 1.82) is 0 Å². The number of benzene rings is 1. The first-order valence-electron chi connectivity index (χ1n) is 7.97. The monoisotopic (exact) mass is 315 g/mol. The molecule has 2 aliphatic carbocycles. The van der Waals surface area contributed by atoms with Crippen molar-refractivity contribution >= 4 is 11.9 Å². The maximum absolute atomic E-state index is 12.3. The van der Waals surface area contributed by atoms with E-state index in [1.165, 1.54) is 0 Å². The molecule has 0 aliphatic heterocycles. The Hall–Kier alpha value is -2.14. The maximum atomic E-state index is 12.3. The minimum Gasteiger partial charge on any atom is -0.481 e. The van der Waals surface area contributed by atoms with Crippen molar-refractivity contribution in [1.82, 2.24) is 5.32 Å². The summed E-state index contributed by atoms with van der Waals surface area (Å²) in [5, 5.41) is 12.2. The van der Waals surface area contributed by atoms with Gasteiger partial charge in [0.15, 0.2) is 0 Å². The third-order valence-corrected chi connectivity index (χ3v) is 4.70. The molecule has 2 N–H and O–H groups in total. The van der Waals surface area contributed by atoms with E-state index < -0.39 is 17.8 Å². The molecule has 0 aromatic heterocycles. The third kappa shape index (κ3) is 3.45. The molecule has 3 rings (SSSR count). The van der Waals surface area contributed by atoms with E-state index in [4.69, 9.17) is 4.74 Å². The molecular formula is C18H21NO4. The molecule has 1 amide bonds. The minimum atomic E-state index is -0.873. The Kier molecular flexibility index (Phi) is 4.76. The highest BCUT2D eigenvalue weighted by molar-refractivity contribution is 5.86. The molecule has 1 aromatic carbocycles. The van der Waals surface area contributed by atoms with Crippen LogP contribution in [0.3, 0.4) is 0 Å². The number of allylic oxidation sites excluding steroid dienone is 2. The molecule has 1 fully saturated rings. The van der Waals surface area contributed by atoms with Crippen LogP contribution in [0.4, 0.5) is 0 Å². The van der Waals surface area contributed by atoms with Crippen LogP contribution in [0.5, 0.6) is 0 Å². The summed E-state index contributed by atoms with van der Waals surface area (Å²) in [7, 11) is 0. The molecule has 23 heavy (non-hydrogen) atoms. The van der Waals surface area contributed by atoms with E-state index in [0.717, 1.165) is 12.0 Å². The molecule has 5 nitrogen and oxygen atoms in total. The van der Waals surface area contributed by atoms with E-state index in [0.29, 0.717) is 19.8 Å². The average Bonchev–Trinajstić information content (AvgIpc) is 3.16. The molecule has 0 unspecified atom stereocenters. The Morgan fingerprint density at radius 2 is 1.83 bits per heavy atom. The van der Waals surface area contributed by atoms with Crippen LogP contribution < -0.4 is 5.32 Å². The number of carboxylic acid groups (broad SMARTS) is 1. The molecule has 122 valence electrons. The van der Waals surface area contributed by atoms with Gasteiger partial charge in [-0.25, -0.2) is 0 Å². The number of carbonyl (C=O) groups excluding carboxylic acids is 1. The van der Waals surface area contributed by atoms with Crippen molar-refractivity contribution in [2.75, 3.05) is 13.2 Å². The molecule has 0 radical (unpaired) electrons. The van der Waals surface area contributed by atoms with Crippen LogP contribution >= 0.6 is 0 Å². The van der Waals surface area contributed by atoms with Crippen LogP contribution in [-0.4, -0.2) is 30.1 Å². The fourth-order valence-corrected chi connectivity index (χ4v) is 3.64. The fourth-order valence-electron chi connectivity index (χ4n) is 3.64. The topological polar surface area (TPSA) is 75.6 Å². The molecule has 5 heteroatoms. The molecule has 0 spiro atoms. The number of fused-ring (bicyclic) bond motifs is 2. The first kappa shape index (κ1) is 15.7. The number of amides is 1. The van der Waals surface area contributed by atoms with Gasteiger partial charge in [-0.2, -0.15) is 0 Å². The van der Waals surface area contributed by atoms with Crippen LogP contribution in [-0.2, 0) is 20.9 Å². The van der Waals surface area contributed by atoms with Gasteiger partial charge in [0.1, 0.15) is 0 Å². The van der Waals surface area contributed by atoms with Crippen LogP contribution in [0.1, 0.15) is 12.0 Å². The van der Waals surface area contributed by atoms with Gasteiger partial charge < -0.3 is 15.2 Å². The first-order valence-corrected chi connectivity index (χ1v) is 7.97. The van der Waals surface area contributed by atoms with Crippen molar-refractivity contribution in [2.45, 2.75) is 13.0 Å². The van der Waals surface area contributed by atoms with Gasteiger partial charge in [0.25, 0.3) is 0 Å². The van der Waals surface area contributed by atoms with E-state index in [1.807, 2.05) is 42.5 Å². The normalized spacial score (nSPS) is 28.0. The molecule has 1 saturated carbocycles. The predicted molar refractivity (Wildman–Crippen MR) is 84.5 cm³/mol. The number of rotatable bonds is 7. The van der Waals surface area contributed by atoms with E-state index in [-0.39, 0.29) is 17.7 Å². The highest BCUT2D eigenvalue weighted by Crippen LogP contribution is 2.48. The SMILES string of the molecule is O=C(O)[C@H]1[C@H](C(=O)NCCOCc2ccccc2)[C@H]2C=C[C@H]1C2. The second-order valence-corrected chi connectivity index (χ2v) is 6.17. The zero-order chi connectivity index (χ0) is 16.2. The number of nitrogens with one attached hydrogen (secondary N) is 1. The molecular weight excluding hydrogens is 294 g/mol. The zero-order valence-corrected chi connectivity index (χ0v) is 12.9. The fraction of sp³-hybridized carbons (Fsp3) is 0.444. The van der Waals surface area contributed by atoms with Crippen LogP contribution in [0.25, 0.3) is 0 Å². The lowest BCUT2D eigenvalue weighted by molar-refractivity contribution is -0.147. The van der Waals surface area contributed by atoms with Crippen LogP contribution in [0.2, 0.25) is 0 Å². The quantitative estimate of drug-likeness (QED) is 0.595. The van der Waals surface area contributed by atoms with Crippen molar-refractivity contribution < 1.29 is 19.4 Å². The highest BCUT2D eigenvalue weighted by Gasteiger charge is 2.51. The largest absolute Gasteiger partial charge is 0.481 e. The summed E-state index contributed by atoms with van der Waals surface area (Å²) in [6.07, 6.45) is 4.70. The number of carbonyl (C=O) groups is 2. The summed E-state index contributed by atoms with van der Waals surface area (Å²) in [6, 6.07) is 9.83. The van der Waals surface area contributed by atoms with Gasteiger partial charge in [-0.3, -0.25) is 9.59 Å². The van der Waals surface area contributed by atoms with Crippen molar-refractivity contribution in [3.05, 3.63) is 48.0 Å². The summed E-state index contributed by atoms with van der Waals surface area (Å²) >= 11 is 0. The Morgan fingerprint density at radius 1 is 1.13 bits per heavy atom. The van der Waals surface area contributed by atoms with E-state index >= 15 is 0 Å². The lowest BCUT2D eigenvalue weighted by atomic mass is 9.82. The molecule has 0 saturated heterocycles. The molecule has 0 heterocycles. The molecule has 2 aliphatic rings. The van der Waals surface area contributed by atoms with Crippen LogP contribution in [0.15, 0.2) is 42.5 Å². The number of ether oxygens (including phenoxy) is 1. The minimum absolute atomic E-state index is 0.00239. The molecule has 1 aromatic rings. The summed E-state index contributed by atoms with van der Waals surface area (Å²) in [5.74, 6) is -2.01. The standard InChI is InChI=1S/C18H21NO4/c20-17(15-13-6-7-14(10-13)16(15)18(21)22)19-8-9-23-11-12-4-2-1-3-5-12/h1-7,13-16H,8-11H2,(H,19,20)(H,21,22)/t13-,14-,15+,16+/m0/s1. The van der Waals surface area contributed by atoms with E-state index in [1.54, 1.807) is 0 Å². The predicted octanol–water partition coefficient (Wildman–Crippen LogP) is 1.84.